The van der Waals surface area contributed by atoms with Crippen molar-refractivity contribution >= 4 is 10.0 Å². The molecule has 2 rings (SSSR count). The second-order valence-electron chi connectivity index (χ2n) is 6.32. The van der Waals surface area contributed by atoms with Crippen LogP contribution in [-0.4, -0.2) is 44.2 Å². The standard InChI is InChI=1S/C15H30N2O2S/c1-2-15-6-4-3-5-12-17(15)20(18,19)13-9-14-7-10-16-11-8-14/h14-16H,2-13H2,1H3. The Balaban J connectivity index is 1.92. The summed E-state index contributed by atoms with van der Waals surface area (Å²) in [6.45, 7) is 4.95. The molecule has 0 spiro atoms. The number of nitrogens with zero attached hydrogens (tertiary/aromatic N) is 1. The Morgan fingerprint density at radius 1 is 1.10 bits per heavy atom. The van der Waals surface area contributed by atoms with Crippen molar-refractivity contribution in [3.63, 3.8) is 0 Å². The first-order valence-corrected chi connectivity index (χ1v) is 9.94. The molecule has 0 amide bonds. The highest BCUT2D eigenvalue weighted by Gasteiger charge is 2.30. The van der Waals surface area contributed by atoms with Crippen LogP contribution in [0, 0.1) is 5.92 Å². The second kappa shape index (κ2) is 7.76. The fourth-order valence-electron chi connectivity index (χ4n) is 3.53. The molecule has 2 aliphatic heterocycles. The second-order valence-corrected chi connectivity index (χ2v) is 8.36. The third-order valence-electron chi connectivity index (χ3n) is 4.89. The van der Waals surface area contributed by atoms with Gasteiger partial charge in [0.2, 0.25) is 10.0 Å². The van der Waals surface area contributed by atoms with E-state index in [0.29, 0.717) is 11.7 Å². The van der Waals surface area contributed by atoms with E-state index in [1.54, 1.807) is 0 Å². The summed E-state index contributed by atoms with van der Waals surface area (Å²) in [4.78, 5) is 0. The van der Waals surface area contributed by atoms with E-state index >= 15 is 0 Å². The van der Waals surface area contributed by atoms with Crippen molar-refractivity contribution in [3.05, 3.63) is 0 Å². The smallest absolute Gasteiger partial charge is 0.214 e. The molecule has 20 heavy (non-hydrogen) atoms. The van der Waals surface area contributed by atoms with E-state index in [0.717, 1.165) is 58.2 Å². The highest BCUT2D eigenvalue weighted by molar-refractivity contribution is 7.89. The first-order chi connectivity index (χ1) is 9.63. The van der Waals surface area contributed by atoms with Crippen molar-refractivity contribution in [1.29, 1.82) is 0 Å². The minimum Gasteiger partial charge on any atom is -0.317 e. The number of sulfonamides is 1. The van der Waals surface area contributed by atoms with E-state index in [1.807, 2.05) is 4.31 Å². The van der Waals surface area contributed by atoms with Crippen LogP contribution < -0.4 is 5.32 Å². The van der Waals surface area contributed by atoms with E-state index < -0.39 is 10.0 Å². The van der Waals surface area contributed by atoms with Gasteiger partial charge >= 0.3 is 0 Å². The number of rotatable bonds is 5. The molecule has 0 aliphatic carbocycles. The lowest BCUT2D eigenvalue weighted by Crippen LogP contribution is -2.41. The van der Waals surface area contributed by atoms with Crippen LogP contribution in [0.15, 0.2) is 0 Å². The third-order valence-corrected chi connectivity index (χ3v) is 6.84. The Morgan fingerprint density at radius 3 is 2.55 bits per heavy atom. The number of hydrogen-bond donors (Lipinski definition) is 1. The first kappa shape index (κ1) is 16.2. The molecule has 0 saturated carbocycles. The Kier molecular flexibility index (Phi) is 6.30. The minimum absolute atomic E-state index is 0.246. The van der Waals surface area contributed by atoms with E-state index in [4.69, 9.17) is 0 Å². The van der Waals surface area contributed by atoms with Gasteiger partial charge in [0, 0.05) is 12.6 Å². The summed E-state index contributed by atoms with van der Waals surface area (Å²) >= 11 is 0. The minimum atomic E-state index is -3.05. The van der Waals surface area contributed by atoms with Crippen LogP contribution in [0.2, 0.25) is 0 Å². The Bertz CT molecular complexity index is 377. The van der Waals surface area contributed by atoms with Crippen molar-refractivity contribution in [2.45, 2.75) is 64.3 Å². The van der Waals surface area contributed by atoms with Crippen molar-refractivity contribution < 1.29 is 8.42 Å². The monoisotopic (exact) mass is 302 g/mol. The molecule has 0 radical (unpaired) electrons. The van der Waals surface area contributed by atoms with Crippen molar-refractivity contribution in [3.8, 4) is 0 Å². The lowest BCUT2D eigenvalue weighted by atomic mass is 9.96. The van der Waals surface area contributed by atoms with Crippen LogP contribution in [0.5, 0.6) is 0 Å². The molecule has 118 valence electrons. The quantitative estimate of drug-likeness (QED) is 0.848. The maximum Gasteiger partial charge on any atom is 0.214 e. The van der Waals surface area contributed by atoms with Gasteiger partial charge in [0.05, 0.1) is 5.75 Å². The zero-order valence-corrected chi connectivity index (χ0v) is 13.6. The fraction of sp³-hybridized carbons (Fsp3) is 1.00. The summed E-state index contributed by atoms with van der Waals surface area (Å²) in [5.74, 6) is 0.951. The van der Waals surface area contributed by atoms with Gasteiger partial charge in [0.15, 0.2) is 0 Å². The Labute approximate surface area is 124 Å². The molecule has 0 aromatic rings. The molecule has 2 fully saturated rings. The summed E-state index contributed by atoms with van der Waals surface area (Å²) < 4.78 is 27.2. The van der Waals surface area contributed by atoms with Crippen molar-refractivity contribution in [2.24, 2.45) is 5.92 Å². The van der Waals surface area contributed by atoms with Crippen molar-refractivity contribution in [1.82, 2.24) is 9.62 Å². The molecular weight excluding hydrogens is 272 g/mol. The van der Waals surface area contributed by atoms with Gasteiger partial charge in [-0.2, -0.15) is 4.31 Å². The molecule has 0 bridgehead atoms. The van der Waals surface area contributed by atoms with Gasteiger partial charge in [-0.05, 0) is 57.5 Å². The molecule has 2 saturated heterocycles. The molecule has 0 aromatic carbocycles. The zero-order valence-electron chi connectivity index (χ0n) is 12.8. The molecule has 1 unspecified atom stereocenters. The van der Waals surface area contributed by atoms with E-state index in [1.165, 1.54) is 12.8 Å². The van der Waals surface area contributed by atoms with Gasteiger partial charge in [-0.1, -0.05) is 19.8 Å². The summed E-state index contributed by atoms with van der Waals surface area (Å²) in [5.41, 5.74) is 0. The Hall–Kier alpha value is -0.130. The fourth-order valence-corrected chi connectivity index (χ4v) is 5.51. The van der Waals surface area contributed by atoms with Gasteiger partial charge in [-0.15, -0.1) is 0 Å². The van der Waals surface area contributed by atoms with Crippen LogP contribution in [0.1, 0.15) is 58.3 Å². The van der Waals surface area contributed by atoms with Gasteiger partial charge in [0.25, 0.3) is 0 Å². The normalized spacial score (nSPS) is 27.4. The number of hydrogen-bond acceptors (Lipinski definition) is 3. The Morgan fingerprint density at radius 2 is 1.85 bits per heavy atom. The molecule has 2 heterocycles. The molecule has 5 heteroatoms. The van der Waals surface area contributed by atoms with E-state index in [9.17, 15) is 8.42 Å². The van der Waals surface area contributed by atoms with Crippen LogP contribution in [-0.2, 0) is 10.0 Å². The predicted molar refractivity (Wildman–Crippen MR) is 83.3 cm³/mol. The lowest BCUT2D eigenvalue weighted by molar-refractivity contribution is 0.310. The van der Waals surface area contributed by atoms with Crippen molar-refractivity contribution in [2.75, 3.05) is 25.4 Å². The number of nitrogens with one attached hydrogen (secondary N) is 1. The maximum absolute atomic E-state index is 12.7. The zero-order chi connectivity index (χ0) is 14.4. The van der Waals surface area contributed by atoms with Gasteiger partial charge < -0.3 is 5.32 Å². The average Bonchev–Trinajstić information content (AvgIpc) is 2.72. The number of piperidine rings is 1. The lowest BCUT2D eigenvalue weighted by Gasteiger charge is -2.29. The average molecular weight is 302 g/mol. The topological polar surface area (TPSA) is 49.4 Å². The summed E-state index contributed by atoms with van der Waals surface area (Å²) in [6.07, 6.45) is 8.49. The highest BCUT2D eigenvalue weighted by atomic mass is 32.2. The summed E-state index contributed by atoms with van der Waals surface area (Å²) in [5, 5.41) is 3.34. The third kappa shape index (κ3) is 4.43. The molecule has 4 nitrogen and oxygen atoms in total. The van der Waals surface area contributed by atoms with Crippen LogP contribution in [0.25, 0.3) is 0 Å². The van der Waals surface area contributed by atoms with Crippen LogP contribution in [0.3, 0.4) is 0 Å². The maximum atomic E-state index is 12.7. The highest BCUT2D eigenvalue weighted by Crippen LogP contribution is 2.24. The van der Waals surface area contributed by atoms with Gasteiger partial charge in [-0.25, -0.2) is 8.42 Å². The van der Waals surface area contributed by atoms with Crippen LogP contribution >= 0.6 is 0 Å². The van der Waals surface area contributed by atoms with Gasteiger partial charge in [-0.3, -0.25) is 0 Å². The van der Waals surface area contributed by atoms with E-state index in [2.05, 4.69) is 12.2 Å². The molecule has 0 aromatic heterocycles. The SMILES string of the molecule is CCC1CCCCCN1S(=O)(=O)CCC1CCNCC1. The largest absolute Gasteiger partial charge is 0.317 e. The molecule has 1 N–H and O–H groups in total. The molecule has 2 aliphatic rings. The van der Waals surface area contributed by atoms with Gasteiger partial charge in [0.1, 0.15) is 0 Å². The molecule has 1 atom stereocenters. The summed E-state index contributed by atoms with van der Waals surface area (Å²) in [6, 6.07) is 0.246. The first-order valence-electron chi connectivity index (χ1n) is 8.33. The van der Waals surface area contributed by atoms with E-state index in [-0.39, 0.29) is 6.04 Å². The predicted octanol–water partition coefficient (Wildman–Crippen LogP) is 2.36. The van der Waals surface area contributed by atoms with Crippen LogP contribution in [0.4, 0.5) is 0 Å². The molecular formula is C15H30N2O2S. The summed E-state index contributed by atoms with van der Waals surface area (Å²) in [7, 11) is -3.05.